The molecular weight excluding hydrogens is 382 g/mol. The molecule has 1 saturated heterocycles. The van der Waals surface area contributed by atoms with Gasteiger partial charge < -0.3 is 9.47 Å². The number of amides is 1. The molecule has 0 N–H and O–H groups in total. The summed E-state index contributed by atoms with van der Waals surface area (Å²) in [6, 6.07) is 14.7. The van der Waals surface area contributed by atoms with E-state index in [-0.39, 0.29) is 5.91 Å². The number of sulfonamides is 1. The van der Waals surface area contributed by atoms with Gasteiger partial charge in [0.2, 0.25) is 0 Å². The van der Waals surface area contributed by atoms with Gasteiger partial charge >= 0.3 is 0 Å². The van der Waals surface area contributed by atoms with E-state index < -0.39 is 10.0 Å². The number of benzene rings is 1. The van der Waals surface area contributed by atoms with Crippen LogP contribution < -0.4 is 0 Å². The summed E-state index contributed by atoms with van der Waals surface area (Å²) in [5.41, 5.74) is 1.60. The van der Waals surface area contributed by atoms with Gasteiger partial charge in [0, 0.05) is 49.8 Å². The van der Waals surface area contributed by atoms with Gasteiger partial charge in [-0.2, -0.15) is 4.31 Å². The number of carbonyl (C=O) groups excluding carboxylic acids is 1. The number of nitrogens with zero attached hydrogens (tertiary/aromatic N) is 3. The molecule has 0 aliphatic carbocycles. The minimum atomic E-state index is -3.45. The Balaban J connectivity index is 1.41. The van der Waals surface area contributed by atoms with E-state index >= 15 is 0 Å². The van der Waals surface area contributed by atoms with Gasteiger partial charge in [-0.15, -0.1) is 11.3 Å². The molecule has 3 heterocycles. The van der Waals surface area contributed by atoms with E-state index in [1.807, 2.05) is 53.4 Å². The van der Waals surface area contributed by atoms with Crippen molar-refractivity contribution < 1.29 is 13.2 Å². The monoisotopic (exact) mass is 401 g/mol. The Morgan fingerprint density at radius 3 is 2.15 bits per heavy atom. The van der Waals surface area contributed by atoms with Crippen LogP contribution in [0.2, 0.25) is 0 Å². The lowest BCUT2D eigenvalue weighted by molar-refractivity contribution is 0.0698. The van der Waals surface area contributed by atoms with E-state index in [1.165, 1.54) is 15.6 Å². The summed E-state index contributed by atoms with van der Waals surface area (Å²) in [4.78, 5) is 14.4. The van der Waals surface area contributed by atoms with Crippen molar-refractivity contribution in [3.8, 4) is 5.69 Å². The van der Waals surface area contributed by atoms with Gasteiger partial charge in [0.05, 0.1) is 0 Å². The molecule has 3 aromatic rings. The molecule has 0 radical (unpaired) electrons. The summed E-state index contributed by atoms with van der Waals surface area (Å²) in [6.45, 7) is 1.41. The smallest absolute Gasteiger partial charge is 0.253 e. The van der Waals surface area contributed by atoms with Gasteiger partial charge in [0.1, 0.15) is 4.21 Å². The van der Waals surface area contributed by atoms with Gasteiger partial charge in [-0.25, -0.2) is 8.42 Å². The lowest BCUT2D eigenvalue weighted by atomic mass is 10.1. The van der Waals surface area contributed by atoms with Crippen LogP contribution in [0, 0.1) is 0 Å². The Morgan fingerprint density at radius 1 is 0.889 bits per heavy atom. The van der Waals surface area contributed by atoms with Crippen LogP contribution in [0.15, 0.2) is 70.5 Å². The third kappa shape index (κ3) is 3.55. The maximum absolute atomic E-state index is 12.7. The van der Waals surface area contributed by atoms with Crippen LogP contribution in [0.3, 0.4) is 0 Å². The highest BCUT2D eigenvalue weighted by molar-refractivity contribution is 7.91. The first-order valence-corrected chi connectivity index (χ1v) is 10.9. The number of aromatic nitrogens is 1. The number of hydrogen-bond acceptors (Lipinski definition) is 4. The molecule has 1 aromatic carbocycles. The molecule has 0 atom stereocenters. The molecule has 1 aliphatic rings. The standard InChI is InChI=1S/C19H19N3O3S2/c23-19(16-5-7-17(8-6-16)20-9-1-2-10-20)21-11-13-22(14-12-21)27(24,25)18-4-3-15-26-18/h1-10,15H,11-14H2. The first-order valence-electron chi connectivity index (χ1n) is 8.62. The van der Waals surface area contributed by atoms with Gasteiger partial charge in [-0.1, -0.05) is 6.07 Å². The van der Waals surface area contributed by atoms with Crippen molar-refractivity contribution in [3.63, 3.8) is 0 Å². The Kier molecular flexibility index (Phi) is 4.86. The van der Waals surface area contributed by atoms with Crippen LogP contribution in [0.1, 0.15) is 10.4 Å². The predicted molar refractivity (Wildman–Crippen MR) is 105 cm³/mol. The second kappa shape index (κ2) is 7.30. The van der Waals surface area contributed by atoms with Crippen molar-refractivity contribution in [1.29, 1.82) is 0 Å². The number of carbonyl (C=O) groups is 1. The molecule has 4 rings (SSSR count). The summed E-state index contributed by atoms with van der Waals surface area (Å²) in [5.74, 6) is -0.0674. The van der Waals surface area contributed by atoms with Crippen molar-refractivity contribution in [2.75, 3.05) is 26.2 Å². The van der Waals surface area contributed by atoms with Gasteiger partial charge in [-0.05, 0) is 47.8 Å². The van der Waals surface area contributed by atoms with Crippen molar-refractivity contribution in [2.24, 2.45) is 0 Å². The SMILES string of the molecule is O=C(c1ccc(-n2cccc2)cc1)N1CCN(S(=O)(=O)c2cccs2)CC1. The molecule has 1 aliphatic heterocycles. The van der Waals surface area contributed by atoms with Crippen LogP contribution >= 0.6 is 11.3 Å². The van der Waals surface area contributed by atoms with Crippen molar-refractivity contribution in [1.82, 2.24) is 13.8 Å². The number of hydrogen-bond donors (Lipinski definition) is 0. The lowest BCUT2D eigenvalue weighted by Crippen LogP contribution is -2.50. The van der Waals surface area contributed by atoms with E-state index in [0.29, 0.717) is 36.0 Å². The second-order valence-corrected chi connectivity index (χ2v) is 9.38. The maximum Gasteiger partial charge on any atom is 0.253 e. The Bertz CT molecular complexity index is 1000. The average molecular weight is 402 g/mol. The third-order valence-electron chi connectivity index (χ3n) is 4.63. The molecule has 0 bridgehead atoms. The minimum absolute atomic E-state index is 0.0674. The summed E-state index contributed by atoms with van der Waals surface area (Å²) >= 11 is 1.22. The summed E-state index contributed by atoms with van der Waals surface area (Å²) in [5, 5.41) is 1.75. The molecule has 0 unspecified atom stereocenters. The molecule has 0 saturated carbocycles. The van der Waals surface area contributed by atoms with Crippen molar-refractivity contribution >= 4 is 27.3 Å². The van der Waals surface area contributed by atoms with Crippen LogP contribution in [-0.4, -0.2) is 54.3 Å². The zero-order chi connectivity index (χ0) is 18.9. The van der Waals surface area contributed by atoms with E-state index in [1.54, 1.807) is 22.4 Å². The topological polar surface area (TPSA) is 62.6 Å². The van der Waals surface area contributed by atoms with Crippen LogP contribution in [-0.2, 0) is 10.0 Å². The van der Waals surface area contributed by atoms with Gasteiger partial charge in [0.25, 0.3) is 15.9 Å². The molecule has 27 heavy (non-hydrogen) atoms. The lowest BCUT2D eigenvalue weighted by Gasteiger charge is -2.33. The largest absolute Gasteiger partial charge is 0.336 e. The predicted octanol–water partition coefficient (Wildman–Crippen LogP) is 2.69. The molecule has 1 fully saturated rings. The quantitative estimate of drug-likeness (QED) is 0.675. The Labute approximate surface area is 162 Å². The Hall–Kier alpha value is -2.42. The first-order chi connectivity index (χ1) is 13.1. The normalized spacial score (nSPS) is 15.8. The Morgan fingerprint density at radius 2 is 1.56 bits per heavy atom. The van der Waals surface area contributed by atoms with E-state index in [4.69, 9.17) is 0 Å². The van der Waals surface area contributed by atoms with E-state index in [2.05, 4.69) is 0 Å². The van der Waals surface area contributed by atoms with E-state index in [0.717, 1.165) is 5.69 Å². The summed E-state index contributed by atoms with van der Waals surface area (Å²) in [7, 11) is -3.45. The molecule has 1 amide bonds. The van der Waals surface area contributed by atoms with Crippen molar-refractivity contribution in [3.05, 3.63) is 71.9 Å². The fourth-order valence-corrected chi connectivity index (χ4v) is 5.70. The minimum Gasteiger partial charge on any atom is -0.336 e. The highest BCUT2D eigenvalue weighted by atomic mass is 32.2. The number of thiophene rings is 1. The number of piperazine rings is 1. The molecule has 8 heteroatoms. The highest BCUT2D eigenvalue weighted by Crippen LogP contribution is 2.22. The highest BCUT2D eigenvalue weighted by Gasteiger charge is 2.30. The molecular formula is C19H19N3O3S2. The summed E-state index contributed by atoms with van der Waals surface area (Å²) in [6.07, 6.45) is 3.90. The molecule has 2 aromatic heterocycles. The zero-order valence-electron chi connectivity index (χ0n) is 14.6. The third-order valence-corrected chi connectivity index (χ3v) is 7.90. The van der Waals surface area contributed by atoms with Crippen LogP contribution in [0.25, 0.3) is 5.69 Å². The average Bonchev–Trinajstić information content (AvgIpc) is 3.42. The summed E-state index contributed by atoms with van der Waals surface area (Å²) < 4.78 is 28.9. The van der Waals surface area contributed by atoms with Gasteiger partial charge in [-0.3, -0.25) is 4.79 Å². The first kappa shape index (κ1) is 18.0. The molecule has 140 valence electrons. The fourth-order valence-electron chi connectivity index (χ4n) is 3.13. The van der Waals surface area contributed by atoms with Crippen LogP contribution in [0.5, 0.6) is 0 Å². The zero-order valence-corrected chi connectivity index (χ0v) is 16.2. The molecule has 6 nitrogen and oxygen atoms in total. The maximum atomic E-state index is 12.7. The number of rotatable bonds is 4. The second-order valence-electron chi connectivity index (χ2n) is 6.27. The van der Waals surface area contributed by atoms with Gasteiger partial charge in [0.15, 0.2) is 0 Å². The van der Waals surface area contributed by atoms with Crippen molar-refractivity contribution in [2.45, 2.75) is 4.21 Å². The van der Waals surface area contributed by atoms with Crippen LogP contribution in [0.4, 0.5) is 0 Å². The fraction of sp³-hybridized carbons (Fsp3) is 0.211. The molecule has 0 spiro atoms. The van der Waals surface area contributed by atoms with E-state index in [9.17, 15) is 13.2 Å².